The Bertz CT molecular complexity index is 840. The van der Waals surface area contributed by atoms with Gasteiger partial charge in [-0.2, -0.15) is 0 Å². The fourth-order valence-corrected chi connectivity index (χ4v) is 3.33. The van der Waals surface area contributed by atoms with Gasteiger partial charge < -0.3 is 4.74 Å². The predicted octanol–water partition coefficient (Wildman–Crippen LogP) is 3.44. The molecule has 3 heterocycles. The van der Waals surface area contributed by atoms with E-state index in [0.29, 0.717) is 0 Å². The predicted molar refractivity (Wildman–Crippen MR) is 96.6 cm³/mol. The molecule has 0 amide bonds. The Hall–Kier alpha value is -2.66. The molecule has 1 aromatic carbocycles. The summed E-state index contributed by atoms with van der Waals surface area (Å²) < 4.78 is 8.12. The number of pyridine rings is 1. The van der Waals surface area contributed by atoms with Crippen LogP contribution in [0.2, 0.25) is 0 Å². The van der Waals surface area contributed by atoms with Gasteiger partial charge in [-0.3, -0.25) is 9.47 Å². The average molecular weight is 334 g/mol. The lowest BCUT2D eigenvalue weighted by Crippen LogP contribution is -2.40. The van der Waals surface area contributed by atoms with Crippen LogP contribution in [0.1, 0.15) is 25.0 Å². The molecule has 1 aliphatic rings. The normalized spacial score (nSPS) is 16.7. The first-order valence-corrected chi connectivity index (χ1v) is 8.52. The highest BCUT2D eigenvalue weighted by Crippen LogP contribution is 2.29. The number of para-hydroxylation sites is 1. The monoisotopic (exact) mass is 334 g/mol. The third kappa shape index (κ3) is 3.56. The molecule has 0 saturated heterocycles. The van der Waals surface area contributed by atoms with Crippen molar-refractivity contribution in [2.75, 3.05) is 6.54 Å². The lowest BCUT2D eigenvalue weighted by atomic mass is 10.1. The zero-order chi connectivity index (χ0) is 17.3. The van der Waals surface area contributed by atoms with Crippen molar-refractivity contribution < 1.29 is 4.74 Å². The van der Waals surface area contributed by atoms with E-state index in [1.54, 1.807) is 12.5 Å². The summed E-state index contributed by atoms with van der Waals surface area (Å²) in [4.78, 5) is 11.0. The molecule has 2 aromatic heterocycles. The van der Waals surface area contributed by atoms with Crippen LogP contribution in [0, 0.1) is 0 Å². The lowest BCUT2D eigenvalue weighted by Gasteiger charge is -2.29. The minimum atomic E-state index is -0.225. The first-order chi connectivity index (χ1) is 12.1. The average Bonchev–Trinajstić information content (AvgIpc) is 3.07. The van der Waals surface area contributed by atoms with Gasteiger partial charge >= 0.3 is 0 Å². The van der Waals surface area contributed by atoms with E-state index >= 15 is 0 Å². The highest BCUT2D eigenvalue weighted by molar-refractivity contribution is 5.35. The Labute approximate surface area is 147 Å². The molecule has 0 unspecified atom stereocenters. The fourth-order valence-electron chi connectivity index (χ4n) is 3.33. The molecule has 0 spiro atoms. The minimum absolute atomic E-state index is 0.225. The summed E-state index contributed by atoms with van der Waals surface area (Å²) in [5.74, 6) is 1.87. The second kappa shape index (κ2) is 6.33. The van der Waals surface area contributed by atoms with Crippen molar-refractivity contribution in [3.05, 3.63) is 72.4 Å². The summed E-state index contributed by atoms with van der Waals surface area (Å²) in [7, 11) is 0. The number of fused-ring (bicyclic) bond motifs is 1. The number of nitrogens with zero attached hydrogens (tertiary/aromatic N) is 4. The molecule has 1 aliphatic heterocycles. The molecular formula is C20H22N4O. The van der Waals surface area contributed by atoms with Crippen molar-refractivity contribution in [3.8, 4) is 11.6 Å². The number of hydrogen-bond acceptors (Lipinski definition) is 4. The molecule has 0 bridgehead atoms. The van der Waals surface area contributed by atoms with Crippen molar-refractivity contribution in [1.82, 2.24) is 19.4 Å². The van der Waals surface area contributed by atoms with Gasteiger partial charge in [-0.25, -0.2) is 9.97 Å². The summed E-state index contributed by atoms with van der Waals surface area (Å²) in [6, 6.07) is 12.5. The Morgan fingerprint density at radius 3 is 2.80 bits per heavy atom. The molecule has 3 aromatic rings. The Morgan fingerprint density at radius 2 is 2.04 bits per heavy atom. The summed E-state index contributed by atoms with van der Waals surface area (Å²) in [6.07, 6.45) is 7.35. The van der Waals surface area contributed by atoms with Crippen LogP contribution in [0.5, 0.6) is 5.75 Å². The van der Waals surface area contributed by atoms with E-state index in [-0.39, 0.29) is 5.60 Å². The quantitative estimate of drug-likeness (QED) is 0.736. The van der Waals surface area contributed by atoms with Gasteiger partial charge in [0.2, 0.25) is 0 Å². The standard InChI is InChI=1S/C20H22N4O/c1-20(2)14-23(13-17-5-3-4-6-18(17)25-20)12-16-7-8-19(22-11-16)24-10-9-21-15-24/h3-11,15H,12-14H2,1-2H3. The first kappa shape index (κ1) is 15.8. The van der Waals surface area contributed by atoms with Gasteiger partial charge in [0.1, 0.15) is 23.5 Å². The number of imidazole rings is 1. The maximum atomic E-state index is 6.21. The van der Waals surface area contributed by atoms with E-state index in [4.69, 9.17) is 4.74 Å². The summed E-state index contributed by atoms with van der Waals surface area (Å²) in [6.45, 7) is 6.87. The van der Waals surface area contributed by atoms with E-state index in [1.807, 2.05) is 29.1 Å². The maximum absolute atomic E-state index is 6.21. The van der Waals surface area contributed by atoms with Crippen LogP contribution in [-0.4, -0.2) is 31.6 Å². The zero-order valence-corrected chi connectivity index (χ0v) is 14.6. The van der Waals surface area contributed by atoms with Crippen molar-refractivity contribution >= 4 is 0 Å². The van der Waals surface area contributed by atoms with E-state index in [2.05, 4.69) is 53.0 Å². The van der Waals surface area contributed by atoms with Gasteiger partial charge in [-0.15, -0.1) is 0 Å². The van der Waals surface area contributed by atoms with Gasteiger partial charge in [0.25, 0.3) is 0 Å². The number of ether oxygens (including phenoxy) is 1. The number of aromatic nitrogens is 3. The highest BCUT2D eigenvalue weighted by Gasteiger charge is 2.28. The van der Waals surface area contributed by atoms with Gasteiger partial charge in [0.15, 0.2) is 0 Å². The third-order valence-corrected chi connectivity index (χ3v) is 4.34. The van der Waals surface area contributed by atoms with Crippen LogP contribution >= 0.6 is 0 Å². The number of hydrogen-bond donors (Lipinski definition) is 0. The van der Waals surface area contributed by atoms with Crippen LogP contribution in [0.4, 0.5) is 0 Å². The van der Waals surface area contributed by atoms with Gasteiger partial charge in [-0.05, 0) is 31.5 Å². The topological polar surface area (TPSA) is 43.2 Å². The molecule has 5 heteroatoms. The summed E-state index contributed by atoms with van der Waals surface area (Å²) in [5.41, 5.74) is 2.20. The molecule has 0 radical (unpaired) electrons. The van der Waals surface area contributed by atoms with E-state index < -0.39 is 0 Å². The van der Waals surface area contributed by atoms with Crippen molar-refractivity contribution in [2.24, 2.45) is 0 Å². The maximum Gasteiger partial charge on any atom is 0.137 e. The second-order valence-corrected chi connectivity index (χ2v) is 7.11. The molecule has 0 N–H and O–H groups in total. The molecule has 0 atom stereocenters. The number of rotatable bonds is 3. The van der Waals surface area contributed by atoms with Crippen LogP contribution in [0.3, 0.4) is 0 Å². The third-order valence-electron chi connectivity index (χ3n) is 4.34. The molecule has 0 fully saturated rings. The zero-order valence-electron chi connectivity index (χ0n) is 14.6. The Kier molecular flexibility index (Phi) is 4.01. The Balaban J connectivity index is 1.53. The molecule has 0 aliphatic carbocycles. The van der Waals surface area contributed by atoms with Gasteiger partial charge in [0.05, 0.1) is 0 Å². The number of benzene rings is 1. The van der Waals surface area contributed by atoms with Crippen LogP contribution < -0.4 is 4.74 Å². The van der Waals surface area contributed by atoms with Crippen LogP contribution in [-0.2, 0) is 13.1 Å². The molecular weight excluding hydrogens is 312 g/mol. The lowest BCUT2D eigenvalue weighted by molar-refractivity contribution is 0.0682. The van der Waals surface area contributed by atoms with Crippen molar-refractivity contribution in [1.29, 1.82) is 0 Å². The van der Waals surface area contributed by atoms with Crippen molar-refractivity contribution in [3.63, 3.8) is 0 Å². The largest absolute Gasteiger partial charge is 0.486 e. The molecule has 4 rings (SSSR count). The molecule has 0 saturated carbocycles. The van der Waals surface area contributed by atoms with Crippen molar-refractivity contribution in [2.45, 2.75) is 32.5 Å². The highest BCUT2D eigenvalue weighted by atomic mass is 16.5. The molecule has 128 valence electrons. The fraction of sp³-hybridized carbons (Fsp3) is 0.300. The van der Waals surface area contributed by atoms with Gasteiger partial charge in [0, 0.05) is 43.8 Å². The minimum Gasteiger partial charge on any atom is -0.486 e. The molecule has 25 heavy (non-hydrogen) atoms. The van der Waals surface area contributed by atoms with Gasteiger partial charge in [-0.1, -0.05) is 24.3 Å². The summed E-state index contributed by atoms with van der Waals surface area (Å²) >= 11 is 0. The van der Waals surface area contributed by atoms with E-state index in [1.165, 1.54) is 11.1 Å². The SMILES string of the molecule is CC1(C)CN(Cc2ccc(-n3ccnc3)nc2)Cc2ccccc2O1. The first-order valence-electron chi connectivity index (χ1n) is 8.52. The van der Waals surface area contributed by atoms with Crippen LogP contribution in [0.15, 0.2) is 61.3 Å². The van der Waals surface area contributed by atoms with E-state index in [9.17, 15) is 0 Å². The van der Waals surface area contributed by atoms with Crippen LogP contribution in [0.25, 0.3) is 5.82 Å². The second-order valence-electron chi connectivity index (χ2n) is 7.11. The smallest absolute Gasteiger partial charge is 0.137 e. The van der Waals surface area contributed by atoms with E-state index in [0.717, 1.165) is 31.2 Å². The molecule has 5 nitrogen and oxygen atoms in total. The summed E-state index contributed by atoms with van der Waals surface area (Å²) in [5, 5.41) is 0. The Morgan fingerprint density at radius 1 is 1.16 bits per heavy atom.